The zero-order valence-corrected chi connectivity index (χ0v) is 11.2. The third-order valence-corrected chi connectivity index (χ3v) is 2.85. The van der Waals surface area contributed by atoms with Gasteiger partial charge < -0.3 is 22.0 Å². The molecule has 6 nitrogen and oxygen atoms in total. The summed E-state index contributed by atoms with van der Waals surface area (Å²) in [4.78, 5) is 0. The molecule has 21 heavy (non-hydrogen) atoms. The number of aromatic hydroxyl groups is 1. The fourth-order valence-electron chi connectivity index (χ4n) is 1.71. The fraction of sp³-hybridized carbons (Fsp3) is 0. The summed E-state index contributed by atoms with van der Waals surface area (Å²) in [5.74, 6) is 0.375. The number of phenolic OH excluding ortho intramolecular Hbond substituents is 1. The number of hydrogen-bond donors (Lipinski definition) is 4. The molecule has 0 aliphatic carbocycles. The van der Waals surface area contributed by atoms with Crippen LogP contribution < -0.4 is 11.5 Å². The number of hydrogen-bond acceptors (Lipinski definition) is 6. The molecular formula is C15H15N5O. The molecule has 6 N–H and O–H groups in total. The number of nitrogens with one attached hydrogen (secondary N) is 1. The van der Waals surface area contributed by atoms with E-state index in [0.29, 0.717) is 22.4 Å². The van der Waals surface area contributed by atoms with Crippen LogP contribution in [0.5, 0.6) is 5.75 Å². The molecule has 0 saturated heterocycles. The first-order valence-corrected chi connectivity index (χ1v) is 6.17. The summed E-state index contributed by atoms with van der Waals surface area (Å²) in [7, 11) is 0. The molecule has 0 radical (unpaired) electrons. The van der Waals surface area contributed by atoms with Crippen molar-refractivity contribution in [1.82, 2.24) is 10.2 Å². The molecule has 0 fully saturated rings. The fourth-order valence-corrected chi connectivity index (χ4v) is 1.71. The highest BCUT2D eigenvalue weighted by Gasteiger charge is 2.08. The highest BCUT2D eigenvalue weighted by Crippen LogP contribution is 2.28. The first-order chi connectivity index (χ1) is 10.2. The second-order valence-corrected chi connectivity index (χ2v) is 4.23. The summed E-state index contributed by atoms with van der Waals surface area (Å²) < 4.78 is 0. The molecule has 0 amide bonds. The number of benzene rings is 1. The van der Waals surface area contributed by atoms with Gasteiger partial charge in [0.2, 0.25) is 0 Å². The first-order valence-electron chi connectivity index (χ1n) is 6.17. The Kier molecular flexibility index (Phi) is 4.30. The van der Waals surface area contributed by atoms with Crippen LogP contribution >= 0.6 is 0 Å². The van der Waals surface area contributed by atoms with Gasteiger partial charge in [-0.05, 0) is 18.2 Å². The predicted molar refractivity (Wildman–Crippen MR) is 83.6 cm³/mol. The van der Waals surface area contributed by atoms with Crippen molar-refractivity contribution in [2.75, 3.05) is 5.73 Å². The number of nitrogens with zero attached hydrogens (tertiary/aromatic N) is 2. The predicted octanol–water partition coefficient (Wildman–Crippen LogP) is 1.94. The Morgan fingerprint density at radius 1 is 1.24 bits per heavy atom. The number of nitrogen functional groups attached to an aromatic ring is 1. The van der Waals surface area contributed by atoms with E-state index in [2.05, 4.69) is 10.2 Å². The Morgan fingerprint density at radius 2 is 2.00 bits per heavy atom. The Morgan fingerprint density at radius 3 is 2.67 bits per heavy atom. The van der Waals surface area contributed by atoms with E-state index in [4.69, 9.17) is 16.9 Å². The van der Waals surface area contributed by atoms with Crippen molar-refractivity contribution in [3.05, 3.63) is 53.7 Å². The Labute approximate surface area is 122 Å². The minimum Gasteiger partial charge on any atom is -0.507 e. The van der Waals surface area contributed by atoms with Gasteiger partial charge in [-0.15, -0.1) is 10.2 Å². The molecule has 0 unspecified atom stereocenters. The van der Waals surface area contributed by atoms with Crippen LogP contribution in [0, 0.1) is 5.41 Å². The third kappa shape index (κ3) is 3.24. The maximum atomic E-state index is 9.85. The van der Waals surface area contributed by atoms with Gasteiger partial charge in [0.25, 0.3) is 0 Å². The van der Waals surface area contributed by atoms with Gasteiger partial charge >= 0.3 is 0 Å². The van der Waals surface area contributed by atoms with Crippen LogP contribution in [-0.4, -0.2) is 21.5 Å². The summed E-state index contributed by atoms with van der Waals surface area (Å²) in [5.41, 5.74) is 13.4. The summed E-state index contributed by atoms with van der Waals surface area (Å²) in [6.07, 6.45) is 5.79. The van der Waals surface area contributed by atoms with E-state index in [-0.39, 0.29) is 11.6 Å². The van der Waals surface area contributed by atoms with Gasteiger partial charge in [-0.3, -0.25) is 0 Å². The molecule has 6 heteroatoms. The molecule has 2 rings (SSSR count). The zero-order valence-electron chi connectivity index (χ0n) is 11.2. The van der Waals surface area contributed by atoms with Crippen molar-refractivity contribution in [3.63, 3.8) is 0 Å². The Bertz CT molecular complexity index is 722. The topological polar surface area (TPSA) is 122 Å². The van der Waals surface area contributed by atoms with Gasteiger partial charge in [0.15, 0.2) is 5.82 Å². The van der Waals surface area contributed by atoms with Crippen LogP contribution in [0.4, 0.5) is 5.82 Å². The number of phenols is 1. The van der Waals surface area contributed by atoms with Crippen molar-refractivity contribution in [1.29, 1.82) is 5.41 Å². The van der Waals surface area contributed by atoms with Gasteiger partial charge in [0.1, 0.15) is 5.75 Å². The lowest BCUT2D eigenvalue weighted by molar-refractivity contribution is 0.477. The number of para-hydroxylation sites is 1. The maximum absolute atomic E-state index is 9.85. The van der Waals surface area contributed by atoms with Gasteiger partial charge in [-0.25, -0.2) is 0 Å². The van der Waals surface area contributed by atoms with E-state index < -0.39 is 0 Å². The second-order valence-electron chi connectivity index (χ2n) is 4.23. The normalized spacial score (nSPS) is 11.7. The van der Waals surface area contributed by atoms with E-state index in [0.717, 1.165) is 6.21 Å². The summed E-state index contributed by atoms with van der Waals surface area (Å²) in [6, 6.07) is 8.56. The minimum atomic E-state index is 0.119. The average molecular weight is 281 g/mol. The van der Waals surface area contributed by atoms with Crippen molar-refractivity contribution in [2.45, 2.75) is 0 Å². The molecular weight excluding hydrogens is 266 g/mol. The van der Waals surface area contributed by atoms with Crippen LogP contribution in [0.25, 0.3) is 17.3 Å². The first kappa shape index (κ1) is 14.3. The molecule has 0 bridgehead atoms. The number of anilines is 1. The van der Waals surface area contributed by atoms with Gasteiger partial charge in [0, 0.05) is 29.1 Å². The monoisotopic (exact) mass is 281 g/mol. The van der Waals surface area contributed by atoms with E-state index in [1.807, 2.05) is 0 Å². The molecule has 106 valence electrons. The molecule has 0 aliphatic rings. The number of allylic oxidation sites excluding steroid dienone is 2. The molecule has 0 spiro atoms. The van der Waals surface area contributed by atoms with Gasteiger partial charge in [0.05, 0.1) is 5.69 Å². The van der Waals surface area contributed by atoms with E-state index in [9.17, 15) is 5.11 Å². The van der Waals surface area contributed by atoms with Crippen LogP contribution in [0.3, 0.4) is 0 Å². The smallest absolute Gasteiger partial charge is 0.153 e. The van der Waals surface area contributed by atoms with Crippen molar-refractivity contribution < 1.29 is 5.11 Å². The summed E-state index contributed by atoms with van der Waals surface area (Å²) in [5, 5.41) is 24.9. The van der Waals surface area contributed by atoms with Crippen molar-refractivity contribution in [2.24, 2.45) is 5.73 Å². The molecule has 2 aromatic rings. The lowest BCUT2D eigenvalue weighted by Gasteiger charge is -2.05. The lowest BCUT2D eigenvalue weighted by Crippen LogP contribution is -1.98. The number of rotatable bonds is 4. The SMILES string of the molecule is N=CC(=C\N)/C=C/c1cc(-c2ccccc2O)nnc1N. The van der Waals surface area contributed by atoms with E-state index in [1.165, 1.54) is 6.20 Å². The van der Waals surface area contributed by atoms with E-state index >= 15 is 0 Å². The van der Waals surface area contributed by atoms with E-state index in [1.54, 1.807) is 42.5 Å². The largest absolute Gasteiger partial charge is 0.507 e. The highest BCUT2D eigenvalue weighted by atomic mass is 16.3. The average Bonchev–Trinajstić information content (AvgIpc) is 2.50. The summed E-state index contributed by atoms with van der Waals surface area (Å²) >= 11 is 0. The molecule has 1 aromatic carbocycles. The second kappa shape index (κ2) is 6.33. The van der Waals surface area contributed by atoms with Gasteiger partial charge in [-0.1, -0.05) is 24.3 Å². The third-order valence-electron chi connectivity index (χ3n) is 2.85. The Balaban J connectivity index is 2.43. The maximum Gasteiger partial charge on any atom is 0.153 e. The van der Waals surface area contributed by atoms with Crippen molar-refractivity contribution in [3.8, 4) is 17.0 Å². The molecule has 0 atom stereocenters. The van der Waals surface area contributed by atoms with Gasteiger partial charge in [-0.2, -0.15) is 0 Å². The van der Waals surface area contributed by atoms with Crippen LogP contribution in [-0.2, 0) is 0 Å². The zero-order chi connectivity index (χ0) is 15.2. The molecule has 0 aliphatic heterocycles. The minimum absolute atomic E-state index is 0.119. The van der Waals surface area contributed by atoms with Crippen LogP contribution in [0.15, 0.2) is 48.2 Å². The quantitative estimate of drug-likeness (QED) is 0.504. The highest BCUT2D eigenvalue weighted by molar-refractivity contribution is 5.82. The number of aromatic nitrogens is 2. The van der Waals surface area contributed by atoms with Crippen molar-refractivity contribution >= 4 is 18.1 Å². The van der Waals surface area contributed by atoms with Crippen LogP contribution in [0.1, 0.15) is 5.56 Å². The van der Waals surface area contributed by atoms with Crippen LogP contribution in [0.2, 0.25) is 0 Å². The molecule has 0 saturated carbocycles. The lowest BCUT2D eigenvalue weighted by atomic mass is 10.1. The number of nitrogens with two attached hydrogens (primary N) is 2. The summed E-state index contributed by atoms with van der Waals surface area (Å²) in [6.45, 7) is 0. The standard InChI is InChI=1S/C15H15N5O/c16-8-10(9-17)5-6-11-7-13(19-20-15(11)18)12-3-1-2-4-14(12)21/h1-9,16,21H,17H2,(H2,18,20)/b6-5+,10-9-,16-8?. The molecule has 1 aromatic heterocycles. The molecule has 1 heterocycles. The Hall–Kier alpha value is -3.15.